The maximum absolute atomic E-state index is 12.1. The van der Waals surface area contributed by atoms with Gasteiger partial charge in [-0.1, -0.05) is 29.8 Å². The van der Waals surface area contributed by atoms with E-state index in [-0.39, 0.29) is 17.9 Å². The van der Waals surface area contributed by atoms with Crippen LogP contribution in [0.5, 0.6) is 0 Å². The van der Waals surface area contributed by atoms with E-state index in [2.05, 4.69) is 10.6 Å². The van der Waals surface area contributed by atoms with Crippen LogP contribution in [0.2, 0.25) is 5.02 Å². The molecule has 98 valence electrons. The number of nitrogens with one attached hydrogen (secondary N) is 2. The van der Waals surface area contributed by atoms with Crippen molar-refractivity contribution in [2.24, 2.45) is 5.92 Å². The number of rotatable bonds is 3. The summed E-state index contributed by atoms with van der Waals surface area (Å²) in [5, 5.41) is 7.00. The van der Waals surface area contributed by atoms with Crippen LogP contribution in [0.15, 0.2) is 24.3 Å². The molecular weight excluding hydrogens is 248 g/mol. The van der Waals surface area contributed by atoms with Crippen molar-refractivity contribution >= 4 is 17.5 Å². The molecule has 0 aromatic heterocycles. The van der Waals surface area contributed by atoms with Gasteiger partial charge in [-0.3, -0.25) is 4.79 Å². The first-order valence-electron chi connectivity index (χ1n) is 6.44. The second kappa shape index (κ2) is 6.21. The minimum atomic E-state index is -0.0480. The molecule has 1 heterocycles. The largest absolute Gasteiger partial charge is 0.349 e. The van der Waals surface area contributed by atoms with Gasteiger partial charge in [-0.2, -0.15) is 0 Å². The van der Waals surface area contributed by atoms with Gasteiger partial charge in [-0.25, -0.2) is 0 Å². The monoisotopic (exact) mass is 266 g/mol. The number of carbonyl (C=O) groups is 1. The van der Waals surface area contributed by atoms with Gasteiger partial charge in [-0.15, -0.1) is 0 Å². The van der Waals surface area contributed by atoms with E-state index in [1.165, 1.54) is 0 Å². The Kier molecular flexibility index (Phi) is 4.61. The molecule has 1 aliphatic rings. The summed E-state index contributed by atoms with van der Waals surface area (Å²) in [6, 6.07) is 7.58. The molecule has 3 nitrogen and oxygen atoms in total. The van der Waals surface area contributed by atoms with Gasteiger partial charge in [0.25, 0.3) is 0 Å². The van der Waals surface area contributed by atoms with Gasteiger partial charge in [0.1, 0.15) is 0 Å². The number of amides is 1. The number of hydrogen-bond acceptors (Lipinski definition) is 2. The summed E-state index contributed by atoms with van der Waals surface area (Å²) in [6.07, 6.45) is 2.03. The molecule has 18 heavy (non-hydrogen) atoms. The molecule has 2 rings (SSSR count). The number of halogens is 1. The second-order valence-electron chi connectivity index (χ2n) is 4.80. The van der Waals surface area contributed by atoms with Crippen molar-refractivity contribution in [3.63, 3.8) is 0 Å². The van der Waals surface area contributed by atoms with Crippen molar-refractivity contribution in [3.05, 3.63) is 34.9 Å². The highest BCUT2D eigenvalue weighted by molar-refractivity contribution is 6.31. The van der Waals surface area contributed by atoms with Gasteiger partial charge in [0.05, 0.1) is 12.0 Å². The zero-order valence-corrected chi connectivity index (χ0v) is 11.3. The van der Waals surface area contributed by atoms with Gasteiger partial charge in [0.2, 0.25) is 5.91 Å². The fourth-order valence-corrected chi connectivity index (χ4v) is 2.61. The average Bonchev–Trinajstić information content (AvgIpc) is 2.40. The molecule has 2 N–H and O–H groups in total. The Balaban J connectivity index is 1.96. The molecule has 0 radical (unpaired) electrons. The van der Waals surface area contributed by atoms with Crippen molar-refractivity contribution in [3.8, 4) is 0 Å². The SMILES string of the molecule is C[C@@H](NC(=O)C1CCCNC1)c1ccccc1Cl. The third-order valence-electron chi connectivity index (χ3n) is 3.40. The van der Waals surface area contributed by atoms with Crippen LogP contribution in [-0.2, 0) is 4.79 Å². The van der Waals surface area contributed by atoms with Crippen LogP contribution in [-0.4, -0.2) is 19.0 Å². The first-order chi connectivity index (χ1) is 8.68. The maximum atomic E-state index is 12.1. The van der Waals surface area contributed by atoms with Gasteiger partial charge >= 0.3 is 0 Å². The Morgan fingerprint density at radius 1 is 1.50 bits per heavy atom. The Morgan fingerprint density at radius 2 is 2.28 bits per heavy atom. The molecule has 0 spiro atoms. The Hall–Kier alpha value is -1.06. The first-order valence-corrected chi connectivity index (χ1v) is 6.82. The molecule has 0 aliphatic carbocycles. The Bertz CT molecular complexity index is 416. The van der Waals surface area contributed by atoms with E-state index in [1.807, 2.05) is 31.2 Å². The molecule has 4 heteroatoms. The molecule has 0 bridgehead atoms. The fraction of sp³-hybridized carbons (Fsp3) is 0.500. The predicted molar refractivity (Wildman–Crippen MR) is 73.6 cm³/mol. The van der Waals surface area contributed by atoms with Crippen LogP contribution in [0.3, 0.4) is 0 Å². The molecule has 1 unspecified atom stereocenters. The molecule has 1 amide bonds. The molecular formula is C14H19ClN2O. The van der Waals surface area contributed by atoms with E-state index in [0.29, 0.717) is 5.02 Å². The third-order valence-corrected chi connectivity index (χ3v) is 3.74. The van der Waals surface area contributed by atoms with E-state index < -0.39 is 0 Å². The lowest BCUT2D eigenvalue weighted by Gasteiger charge is -2.24. The zero-order chi connectivity index (χ0) is 13.0. The van der Waals surface area contributed by atoms with Gasteiger partial charge < -0.3 is 10.6 Å². The van der Waals surface area contributed by atoms with Gasteiger partial charge in [0, 0.05) is 11.6 Å². The van der Waals surface area contributed by atoms with Crippen molar-refractivity contribution in [2.45, 2.75) is 25.8 Å². The van der Waals surface area contributed by atoms with Crippen molar-refractivity contribution in [1.29, 1.82) is 0 Å². The fourth-order valence-electron chi connectivity index (χ4n) is 2.31. The highest BCUT2D eigenvalue weighted by atomic mass is 35.5. The van der Waals surface area contributed by atoms with Crippen LogP contribution < -0.4 is 10.6 Å². The summed E-state index contributed by atoms with van der Waals surface area (Å²) in [4.78, 5) is 12.1. The van der Waals surface area contributed by atoms with Crippen LogP contribution in [0.25, 0.3) is 0 Å². The van der Waals surface area contributed by atoms with Crippen LogP contribution >= 0.6 is 11.6 Å². The lowest BCUT2D eigenvalue weighted by molar-refractivity contribution is -0.126. The molecule has 1 aliphatic heterocycles. The maximum Gasteiger partial charge on any atom is 0.224 e. The molecule has 1 aromatic carbocycles. The predicted octanol–water partition coefficient (Wildman–Crippen LogP) is 2.52. The lowest BCUT2D eigenvalue weighted by Crippen LogP contribution is -2.41. The molecule has 0 saturated carbocycles. The number of carbonyl (C=O) groups excluding carboxylic acids is 1. The van der Waals surface area contributed by atoms with E-state index in [0.717, 1.165) is 31.5 Å². The summed E-state index contributed by atoms with van der Waals surface area (Å²) in [5.41, 5.74) is 0.969. The highest BCUT2D eigenvalue weighted by Gasteiger charge is 2.22. The van der Waals surface area contributed by atoms with E-state index in [4.69, 9.17) is 11.6 Å². The molecule has 1 saturated heterocycles. The van der Waals surface area contributed by atoms with E-state index >= 15 is 0 Å². The number of benzene rings is 1. The van der Waals surface area contributed by atoms with Gasteiger partial charge in [0.15, 0.2) is 0 Å². The summed E-state index contributed by atoms with van der Waals surface area (Å²) < 4.78 is 0. The number of hydrogen-bond donors (Lipinski definition) is 2. The lowest BCUT2D eigenvalue weighted by atomic mass is 9.98. The second-order valence-corrected chi connectivity index (χ2v) is 5.20. The van der Waals surface area contributed by atoms with Crippen molar-refractivity contribution < 1.29 is 4.79 Å². The molecule has 2 atom stereocenters. The first kappa shape index (κ1) is 13.4. The van der Waals surface area contributed by atoms with E-state index in [1.54, 1.807) is 0 Å². The molecule has 1 aromatic rings. The third kappa shape index (κ3) is 3.24. The normalized spacial score (nSPS) is 21.3. The van der Waals surface area contributed by atoms with Crippen molar-refractivity contribution in [1.82, 2.24) is 10.6 Å². The minimum absolute atomic E-state index is 0.0480. The van der Waals surface area contributed by atoms with Crippen LogP contribution in [0.1, 0.15) is 31.4 Å². The smallest absolute Gasteiger partial charge is 0.224 e. The zero-order valence-electron chi connectivity index (χ0n) is 10.6. The van der Waals surface area contributed by atoms with Crippen LogP contribution in [0, 0.1) is 5.92 Å². The Labute approximate surface area is 113 Å². The quantitative estimate of drug-likeness (QED) is 0.883. The topological polar surface area (TPSA) is 41.1 Å². The highest BCUT2D eigenvalue weighted by Crippen LogP contribution is 2.22. The van der Waals surface area contributed by atoms with Gasteiger partial charge in [-0.05, 0) is 37.9 Å². The Morgan fingerprint density at radius 3 is 2.94 bits per heavy atom. The average molecular weight is 267 g/mol. The summed E-state index contributed by atoms with van der Waals surface area (Å²) in [5.74, 6) is 0.207. The summed E-state index contributed by atoms with van der Waals surface area (Å²) in [7, 11) is 0. The molecule has 1 fully saturated rings. The van der Waals surface area contributed by atoms with Crippen molar-refractivity contribution in [2.75, 3.05) is 13.1 Å². The summed E-state index contributed by atoms with van der Waals surface area (Å²) in [6.45, 7) is 3.76. The van der Waals surface area contributed by atoms with Crippen LogP contribution in [0.4, 0.5) is 0 Å². The number of piperidine rings is 1. The summed E-state index contributed by atoms with van der Waals surface area (Å²) >= 11 is 6.12. The standard InChI is InChI=1S/C14H19ClN2O/c1-10(12-6-2-3-7-13(12)15)17-14(18)11-5-4-8-16-9-11/h2-3,6-7,10-11,16H,4-5,8-9H2,1H3,(H,17,18)/t10-,11?/m1/s1. The van der Waals surface area contributed by atoms with E-state index in [9.17, 15) is 4.79 Å². The minimum Gasteiger partial charge on any atom is -0.349 e.